The number of imidazole rings is 6. The third-order valence-electron chi connectivity index (χ3n) is 26.0. The SMILES string of the molecule is Cc1[nH]cnc1[C@@H]1OCCc2ccsc21.Cc1cc(C2OCCc3ccsc32)n[nH]1.Cc1ncc(C2OCCc3ccsc32)[nH]1.Cn1cncc1C1OCCc2ccsc21.Cn1nccc1C1OCCc2ccsc21.c1cc(C2OCCc3ccsc32)[nH]n1.c1nc(C2OCCc3ccsc32)cs1.c1ncc(C2OCCc3ccsc32)[nH]1.c1ncc([C@@H]2OCCc3ccsc32)[nH]1.c1ncc([C@H]2OCCc3ccsc32)[nH]1. The summed E-state index contributed by atoms with van der Waals surface area (Å²) in [6.45, 7) is 14.0. The summed E-state index contributed by atoms with van der Waals surface area (Å²) < 4.78 is 61.7. The number of aromatic amines is 7. The van der Waals surface area contributed by atoms with Gasteiger partial charge in [-0.3, -0.25) is 14.9 Å². The first-order chi connectivity index (χ1) is 71.5. The second kappa shape index (κ2) is 48.4. The molecule has 20 aromatic rings. The van der Waals surface area contributed by atoms with E-state index < -0.39 is 0 Å². The minimum atomic E-state index is 0.0405. The fourth-order valence-corrected chi connectivity index (χ4v) is 29.5. The summed E-state index contributed by atoms with van der Waals surface area (Å²) >= 11 is 19.3. The van der Waals surface area contributed by atoms with E-state index in [1.807, 2.05) is 105 Å². The van der Waals surface area contributed by atoms with Gasteiger partial charge in [-0.2, -0.15) is 15.3 Å². The van der Waals surface area contributed by atoms with Crippen molar-refractivity contribution in [2.24, 2.45) is 14.1 Å². The highest BCUT2D eigenvalue weighted by Crippen LogP contribution is 2.46. The van der Waals surface area contributed by atoms with Crippen molar-refractivity contribution < 1.29 is 47.4 Å². The van der Waals surface area contributed by atoms with Crippen LogP contribution in [0.5, 0.6) is 0 Å². The molecule has 30 heterocycles. The van der Waals surface area contributed by atoms with Crippen LogP contribution in [0.2, 0.25) is 0 Å². The lowest BCUT2D eigenvalue weighted by Crippen LogP contribution is -2.17. The summed E-state index contributed by atoms with van der Waals surface area (Å²) in [7, 11) is 3.97. The molecule has 0 saturated heterocycles. The van der Waals surface area contributed by atoms with Gasteiger partial charge in [0.05, 0.1) is 191 Å². The van der Waals surface area contributed by atoms with Gasteiger partial charge in [0.25, 0.3) is 0 Å². The normalized spacial score (nSPS) is 20.4. The Kier molecular flexibility index (Phi) is 33.4. The zero-order valence-electron chi connectivity index (χ0n) is 80.2. The fraction of sp³-hybridized carbons (Fsp3) is 0.333. The Labute approximate surface area is 882 Å². The Morgan fingerprint density at radius 2 is 0.676 bits per heavy atom. The largest absolute Gasteiger partial charge is 0.366 e. The Bertz CT molecular complexity index is 6540. The van der Waals surface area contributed by atoms with Gasteiger partial charge in [0.15, 0.2) is 0 Å². The van der Waals surface area contributed by atoms with E-state index in [0.29, 0.717) is 0 Å². The van der Waals surface area contributed by atoms with Crippen molar-refractivity contribution in [2.45, 2.75) is 146 Å². The summed E-state index contributed by atoms with van der Waals surface area (Å²) in [5.41, 5.74) is 28.9. The molecule has 30 rings (SSSR count). The number of H-pyrrole nitrogens is 7. The van der Waals surface area contributed by atoms with E-state index in [0.717, 1.165) is 204 Å². The minimum Gasteiger partial charge on any atom is -0.366 e. The van der Waals surface area contributed by atoms with Gasteiger partial charge in [0.2, 0.25) is 0 Å². The van der Waals surface area contributed by atoms with Crippen LogP contribution < -0.4 is 0 Å². The highest BCUT2D eigenvalue weighted by atomic mass is 32.1. The van der Waals surface area contributed by atoms with E-state index in [4.69, 9.17) is 47.4 Å². The lowest BCUT2D eigenvalue weighted by Gasteiger charge is -2.23. The number of aromatic nitrogens is 19. The standard InChI is InChI=1S/5C11H12N2OS.4C10H10N2OS.C10H9NOS2/c1-13-9(2-5-12-13)10-11-8(3-6-14-10)4-7-15-11;1-13-7-12-6-9(13)10-11-8(2-4-14-10)3-5-15-11;1-7-9(13-6-12-7)10-11-8(2-4-14-10)3-5-15-11;1-7-12-6-9(13-7)10-11-8(2-4-14-10)3-5-15-11;1-7-6-9(13-12-7)10-11-8(2-4-14-10)3-5-15-11;1-4-11-12-8(1)9-10-7(2-5-13-9)3-6-14-10;3*1-3-13-9(8-5-11-6-12-8)10-7(1)2-4-14-10;1-3-12-9(8-5-13-6-11-8)10-7(1)2-4-14-10/h2,4-5,7,10H,3,6H2,1H3;3,5-7,10H,2,4H2,1H3;3*3,5-6,10H,2,4H2,1H3,(H,12,13);1,3-4,6,9H,2,5H2,(H,11,12);3*2,4-6,9H,1,3H2,(H,11,12);2,4-6,9H,1,3H2/t;;10-;;;;2*9-;;/m..0...10../s1. The monoisotopic (exact) mass is 2150 g/mol. The van der Waals surface area contributed by atoms with Crippen LogP contribution in [-0.2, 0) is 126 Å². The van der Waals surface area contributed by atoms with Gasteiger partial charge in [-0.25, -0.2) is 34.9 Å². The Morgan fingerprint density at radius 3 is 0.993 bits per heavy atom. The number of rotatable bonds is 10. The molecular formula is C105H109N19O10S11. The lowest BCUT2D eigenvalue weighted by molar-refractivity contribution is 0.0675. The summed E-state index contributed by atoms with van der Waals surface area (Å²) in [5.74, 6) is 0.942. The maximum absolute atomic E-state index is 5.84. The van der Waals surface area contributed by atoms with Crippen molar-refractivity contribution in [3.8, 4) is 0 Å². The molecule has 0 saturated carbocycles. The third kappa shape index (κ3) is 23.5. The predicted molar refractivity (Wildman–Crippen MR) is 571 cm³/mol. The fourth-order valence-electron chi connectivity index (χ4n) is 18.7. The molecule has 145 heavy (non-hydrogen) atoms. The van der Waals surface area contributed by atoms with Crippen LogP contribution in [0.25, 0.3) is 0 Å². The van der Waals surface area contributed by atoms with Crippen LogP contribution in [0.4, 0.5) is 0 Å². The maximum Gasteiger partial charge on any atom is 0.136 e. The first-order valence-corrected chi connectivity index (χ1v) is 57.8. The van der Waals surface area contributed by atoms with Crippen molar-refractivity contribution in [1.82, 2.24) is 94.6 Å². The number of ether oxygens (including phenoxy) is 10. The van der Waals surface area contributed by atoms with Crippen LogP contribution in [0, 0.1) is 20.8 Å². The summed E-state index contributed by atoms with van der Waals surface area (Å²) in [6.07, 6.45) is 32.5. The van der Waals surface area contributed by atoms with E-state index in [2.05, 4.69) is 211 Å². The van der Waals surface area contributed by atoms with Gasteiger partial charge >= 0.3 is 0 Å². The van der Waals surface area contributed by atoms with Gasteiger partial charge in [0.1, 0.15) is 66.9 Å². The second-order valence-electron chi connectivity index (χ2n) is 35.2. The van der Waals surface area contributed by atoms with Crippen LogP contribution in [0.1, 0.15) is 240 Å². The first-order valence-electron chi connectivity index (χ1n) is 48.1. The number of aryl methyl sites for hydroxylation is 5. The van der Waals surface area contributed by atoms with E-state index in [1.54, 1.807) is 156 Å². The highest BCUT2D eigenvalue weighted by molar-refractivity contribution is 7.13. The number of nitrogens with zero attached hydrogens (tertiary/aromatic N) is 12. The molecule has 0 aliphatic carbocycles. The molecule has 0 bridgehead atoms. The topological polar surface area (TPSA) is 342 Å². The molecule has 29 nitrogen and oxygen atoms in total. The Balaban J connectivity index is 0.0000000948. The van der Waals surface area contributed by atoms with Gasteiger partial charge in [-0.1, -0.05) is 0 Å². The molecule has 7 unspecified atom stereocenters. The van der Waals surface area contributed by atoms with Gasteiger partial charge < -0.3 is 76.9 Å². The molecule has 0 spiro atoms. The minimum absolute atomic E-state index is 0.0405. The predicted octanol–water partition coefficient (Wildman–Crippen LogP) is 23.0. The molecule has 0 aromatic carbocycles. The van der Waals surface area contributed by atoms with Crippen LogP contribution in [0.15, 0.2) is 219 Å². The highest BCUT2D eigenvalue weighted by Gasteiger charge is 2.35. The van der Waals surface area contributed by atoms with Crippen molar-refractivity contribution in [3.05, 3.63) is 397 Å². The molecule has 0 radical (unpaired) electrons. The van der Waals surface area contributed by atoms with E-state index in [9.17, 15) is 0 Å². The van der Waals surface area contributed by atoms with Crippen molar-refractivity contribution in [3.63, 3.8) is 0 Å². The van der Waals surface area contributed by atoms with E-state index in [-0.39, 0.29) is 61.0 Å². The number of nitrogens with one attached hydrogen (secondary N) is 7. The third-order valence-corrected chi connectivity index (χ3v) is 36.7. The summed E-state index contributed by atoms with van der Waals surface area (Å²) in [4.78, 5) is 58.0. The zero-order chi connectivity index (χ0) is 98.2. The van der Waals surface area contributed by atoms with Gasteiger partial charge in [-0.05, 0) is 273 Å². The lowest BCUT2D eigenvalue weighted by atomic mass is 10.0. The number of thiazole rings is 1. The first kappa shape index (κ1) is 100. The number of fused-ring (bicyclic) bond motifs is 10. The molecule has 10 aliphatic heterocycles. The average molecular weight is 2150 g/mol. The molecule has 10 aliphatic rings. The quantitative estimate of drug-likeness (QED) is 0.0669. The molecule has 20 aromatic heterocycles. The molecule has 750 valence electrons. The van der Waals surface area contributed by atoms with Gasteiger partial charge in [0, 0.05) is 92.0 Å². The summed E-state index contributed by atoms with van der Waals surface area (Å²) in [5, 5.41) is 41.8. The van der Waals surface area contributed by atoms with Gasteiger partial charge in [-0.15, -0.1) is 125 Å². The number of hydrogen-bond donors (Lipinski definition) is 7. The van der Waals surface area contributed by atoms with Crippen LogP contribution >= 0.6 is 125 Å². The van der Waals surface area contributed by atoms with Crippen molar-refractivity contribution >= 4 is 125 Å². The van der Waals surface area contributed by atoms with Crippen LogP contribution in [-0.4, -0.2) is 161 Å². The molecule has 10 atom stereocenters. The van der Waals surface area contributed by atoms with Crippen LogP contribution in [0.3, 0.4) is 0 Å². The van der Waals surface area contributed by atoms with E-state index in [1.165, 1.54) is 104 Å². The smallest absolute Gasteiger partial charge is 0.136 e. The second-order valence-corrected chi connectivity index (χ2v) is 45.4. The Morgan fingerprint density at radius 1 is 0.317 bits per heavy atom. The zero-order valence-corrected chi connectivity index (χ0v) is 89.2. The van der Waals surface area contributed by atoms with Crippen molar-refractivity contribution in [1.29, 1.82) is 0 Å². The number of thiophene rings is 10. The summed E-state index contributed by atoms with van der Waals surface area (Å²) in [6, 6.07) is 28.0. The molecule has 0 amide bonds. The Hall–Kier alpha value is -10.9. The number of hydrogen-bond acceptors (Lipinski definition) is 31. The average Bonchev–Trinajstić information content (AvgIpc) is 1.65. The molecule has 0 fully saturated rings. The molecule has 7 N–H and O–H groups in total. The molecular weight excluding hydrogens is 2040 g/mol. The van der Waals surface area contributed by atoms with Crippen molar-refractivity contribution in [2.75, 3.05) is 66.1 Å². The maximum atomic E-state index is 5.84. The van der Waals surface area contributed by atoms with E-state index >= 15 is 0 Å². The molecule has 40 heteroatoms.